The second kappa shape index (κ2) is 8.95. The maximum atomic E-state index is 12.9. The summed E-state index contributed by atoms with van der Waals surface area (Å²) in [6.45, 7) is 4.02. The number of hydrogen-bond donors (Lipinski definition) is 1. The van der Waals surface area contributed by atoms with Crippen molar-refractivity contribution in [3.05, 3.63) is 53.3 Å². The third-order valence-corrected chi connectivity index (χ3v) is 7.73. The number of likely N-dealkylation sites (tertiary alicyclic amines) is 1. The number of aromatic nitrogens is 2. The van der Waals surface area contributed by atoms with Gasteiger partial charge < -0.3 is 19.5 Å². The molecule has 8 heteroatoms. The van der Waals surface area contributed by atoms with Crippen molar-refractivity contribution < 1.29 is 14.3 Å². The van der Waals surface area contributed by atoms with E-state index in [-0.39, 0.29) is 23.1 Å². The van der Waals surface area contributed by atoms with E-state index in [0.717, 1.165) is 36.1 Å². The summed E-state index contributed by atoms with van der Waals surface area (Å²) in [5.74, 6) is 1.70. The largest absolute Gasteiger partial charge is 0.495 e. The molecule has 1 spiro atoms. The van der Waals surface area contributed by atoms with Crippen molar-refractivity contribution in [1.29, 1.82) is 0 Å². The summed E-state index contributed by atoms with van der Waals surface area (Å²) in [4.78, 5) is 32.3. The zero-order valence-corrected chi connectivity index (χ0v) is 20.3. The molecule has 2 amide bonds. The van der Waals surface area contributed by atoms with Gasteiger partial charge in [-0.25, -0.2) is 4.98 Å². The van der Waals surface area contributed by atoms with E-state index in [1.165, 1.54) is 0 Å². The Morgan fingerprint density at radius 3 is 2.71 bits per heavy atom. The molecular formula is C26H29ClN4O3. The van der Waals surface area contributed by atoms with Gasteiger partial charge in [-0.3, -0.25) is 9.59 Å². The van der Waals surface area contributed by atoms with Crippen molar-refractivity contribution in [2.45, 2.75) is 39.2 Å². The van der Waals surface area contributed by atoms with Gasteiger partial charge in [0.05, 0.1) is 23.2 Å². The fraction of sp³-hybridized carbons (Fsp3) is 0.423. The number of fused-ring (bicyclic) bond motifs is 1. The second-order valence-electron chi connectivity index (χ2n) is 9.39. The Morgan fingerprint density at radius 1 is 1.21 bits per heavy atom. The highest BCUT2D eigenvalue weighted by molar-refractivity contribution is 6.32. The summed E-state index contributed by atoms with van der Waals surface area (Å²) in [6, 6.07) is 13.3. The fourth-order valence-corrected chi connectivity index (χ4v) is 5.55. The standard InChI is InChI=1S/C26H29ClN4O3/c1-17-28-21-5-3-4-6-22(21)31(17)12-9-24(32)30-13-10-26(11-14-30)16-19(26)25(33)29-18-7-8-23(34-2)20(27)15-18/h3-8,15,19H,9-14,16H2,1-2H3,(H,29,33)/t19-/m1/s1. The van der Waals surface area contributed by atoms with Crippen LogP contribution < -0.4 is 10.1 Å². The topological polar surface area (TPSA) is 76.5 Å². The Hall–Kier alpha value is -3.06. The molecule has 34 heavy (non-hydrogen) atoms. The van der Waals surface area contributed by atoms with Crippen molar-refractivity contribution in [2.75, 3.05) is 25.5 Å². The van der Waals surface area contributed by atoms with Gasteiger partial charge in [-0.15, -0.1) is 0 Å². The molecule has 2 aromatic carbocycles. The first-order chi connectivity index (χ1) is 16.4. The van der Waals surface area contributed by atoms with Crippen LogP contribution in [0.4, 0.5) is 5.69 Å². The van der Waals surface area contributed by atoms with Crippen LogP contribution >= 0.6 is 11.6 Å². The summed E-state index contributed by atoms with van der Waals surface area (Å²) in [5.41, 5.74) is 2.72. The molecule has 1 aliphatic heterocycles. The van der Waals surface area contributed by atoms with Gasteiger partial charge in [0.2, 0.25) is 11.8 Å². The monoisotopic (exact) mass is 480 g/mol. The molecule has 7 nitrogen and oxygen atoms in total. The molecule has 0 radical (unpaired) electrons. The number of carbonyl (C=O) groups is 2. The predicted octanol–water partition coefficient (Wildman–Crippen LogP) is 4.66. The van der Waals surface area contributed by atoms with E-state index in [4.69, 9.17) is 16.3 Å². The number of halogens is 1. The summed E-state index contributed by atoms with van der Waals surface area (Å²) in [7, 11) is 1.56. The molecular weight excluding hydrogens is 452 g/mol. The minimum atomic E-state index is -0.00871. The number of nitrogens with one attached hydrogen (secondary N) is 1. The summed E-state index contributed by atoms with van der Waals surface area (Å²) in [5, 5.41) is 3.46. The number of hydrogen-bond acceptors (Lipinski definition) is 4. The third kappa shape index (κ3) is 4.25. The zero-order valence-electron chi connectivity index (χ0n) is 19.5. The van der Waals surface area contributed by atoms with E-state index >= 15 is 0 Å². The number of para-hydroxylation sites is 2. The summed E-state index contributed by atoms with van der Waals surface area (Å²) in [6.07, 6.45) is 3.07. The molecule has 5 rings (SSSR count). The molecule has 1 aromatic heterocycles. The molecule has 3 aromatic rings. The molecule has 2 fully saturated rings. The fourth-order valence-electron chi connectivity index (χ4n) is 5.29. The van der Waals surface area contributed by atoms with E-state index < -0.39 is 0 Å². The number of imidazole rings is 1. The third-order valence-electron chi connectivity index (χ3n) is 7.43. The van der Waals surface area contributed by atoms with Gasteiger partial charge in [-0.05, 0) is 61.9 Å². The number of amides is 2. The highest BCUT2D eigenvalue weighted by Crippen LogP contribution is 2.59. The zero-order chi connectivity index (χ0) is 23.9. The highest BCUT2D eigenvalue weighted by Gasteiger charge is 2.58. The van der Waals surface area contributed by atoms with Crippen LogP contribution in [0.3, 0.4) is 0 Å². The Morgan fingerprint density at radius 2 is 1.97 bits per heavy atom. The molecule has 2 aliphatic rings. The quantitative estimate of drug-likeness (QED) is 0.556. The smallest absolute Gasteiger partial charge is 0.228 e. The molecule has 1 saturated carbocycles. The second-order valence-corrected chi connectivity index (χ2v) is 9.80. The molecule has 0 unspecified atom stereocenters. The van der Waals surface area contributed by atoms with Crippen LogP contribution in [-0.4, -0.2) is 46.5 Å². The van der Waals surface area contributed by atoms with Gasteiger partial charge in [-0.1, -0.05) is 23.7 Å². The Bertz CT molecular complexity index is 1250. The molecule has 178 valence electrons. The maximum absolute atomic E-state index is 12.9. The lowest BCUT2D eigenvalue weighted by atomic mass is 9.90. The number of methoxy groups -OCH3 is 1. The normalized spacial score (nSPS) is 18.8. The predicted molar refractivity (Wildman–Crippen MR) is 132 cm³/mol. The van der Waals surface area contributed by atoms with Crippen LogP contribution in [0.2, 0.25) is 5.02 Å². The van der Waals surface area contributed by atoms with Crippen LogP contribution in [0.1, 0.15) is 31.5 Å². The number of benzene rings is 2. The number of carbonyl (C=O) groups excluding carboxylic acids is 2. The van der Waals surface area contributed by atoms with E-state index in [0.29, 0.717) is 42.5 Å². The van der Waals surface area contributed by atoms with Gasteiger partial charge in [0.25, 0.3) is 0 Å². The van der Waals surface area contributed by atoms with Gasteiger partial charge in [0.1, 0.15) is 11.6 Å². The average Bonchev–Trinajstić information content (AvgIpc) is 3.43. The first-order valence-corrected chi connectivity index (χ1v) is 12.1. The van der Waals surface area contributed by atoms with Gasteiger partial charge in [0.15, 0.2) is 0 Å². The SMILES string of the molecule is COc1ccc(NC(=O)[C@H]2CC23CCN(C(=O)CCn2c(C)nc4ccccc42)CC3)cc1Cl. The molecule has 1 atom stereocenters. The van der Waals surface area contributed by atoms with Crippen LogP contribution in [0.15, 0.2) is 42.5 Å². The molecule has 0 bridgehead atoms. The Kier molecular flexibility index (Phi) is 5.98. The van der Waals surface area contributed by atoms with Crippen molar-refractivity contribution in [3.8, 4) is 5.75 Å². The number of aryl methyl sites for hydroxylation is 2. The van der Waals surface area contributed by atoms with Gasteiger partial charge in [-0.2, -0.15) is 0 Å². The Balaban J connectivity index is 1.13. The lowest BCUT2D eigenvalue weighted by molar-refractivity contribution is -0.133. The van der Waals surface area contributed by atoms with Crippen LogP contribution in [0.5, 0.6) is 5.75 Å². The van der Waals surface area contributed by atoms with E-state index in [1.54, 1.807) is 25.3 Å². The van der Waals surface area contributed by atoms with E-state index in [1.807, 2.05) is 36.1 Å². The minimum Gasteiger partial charge on any atom is -0.495 e. The summed E-state index contributed by atoms with van der Waals surface area (Å²) < 4.78 is 7.28. The van der Waals surface area contributed by atoms with Crippen LogP contribution in [0.25, 0.3) is 11.0 Å². The van der Waals surface area contributed by atoms with E-state index in [2.05, 4.69) is 14.9 Å². The molecule has 1 aliphatic carbocycles. The Labute approximate surface area is 204 Å². The van der Waals surface area contributed by atoms with Crippen molar-refractivity contribution >= 4 is 40.1 Å². The number of nitrogens with zero attached hydrogens (tertiary/aromatic N) is 3. The van der Waals surface area contributed by atoms with Crippen molar-refractivity contribution in [1.82, 2.24) is 14.5 Å². The average molecular weight is 481 g/mol. The van der Waals surface area contributed by atoms with Crippen molar-refractivity contribution in [3.63, 3.8) is 0 Å². The van der Waals surface area contributed by atoms with Crippen LogP contribution in [-0.2, 0) is 16.1 Å². The maximum Gasteiger partial charge on any atom is 0.228 e. The van der Waals surface area contributed by atoms with E-state index in [9.17, 15) is 9.59 Å². The number of ether oxygens (including phenoxy) is 1. The number of rotatable bonds is 6. The number of piperidine rings is 1. The van der Waals surface area contributed by atoms with Crippen molar-refractivity contribution in [2.24, 2.45) is 11.3 Å². The van der Waals surface area contributed by atoms with Crippen LogP contribution in [0, 0.1) is 18.3 Å². The van der Waals surface area contributed by atoms with Gasteiger partial charge in [0, 0.05) is 37.7 Å². The molecule has 1 saturated heterocycles. The van der Waals surface area contributed by atoms with Gasteiger partial charge >= 0.3 is 0 Å². The molecule has 2 heterocycles. The first kappa shape index (κ1) is 22.7. The molecule has 1 N–H and O–H groups in total. The highest BCUT2D eigenvalue weighted by atomic mass is 35.5. The lowest BCUT2D eigenvalue weighted by Gasteiger charge is -2.33. The number of anilines is 1. The summed E-state index contributed by atoms with van der Waals surface area (Å²) >= 11 is 6.17. The minimum absolute atomic E-state index is 0.00871. The first-order valence-electron chi connectivity index (χ1n) is 11.7. The lowest BCUT2D eigenvalue weighted by Crippen LogP contribution is -2.40.